The summed E-state index contributed by atoms with van der Waals surface area (Å²) in [7, 11) is 0. The van der Waals surface area contributed by atoms with E-state index in [0.717, 1.165) is 16.5 Å². The number of aliphatic carboxylic acids is 1. The summed E-state index contributed by atoms with van der Waals surface area (Å²) in [5, 5.41) is 13.5. The number of hydrogen-bond donors (Lipinski definition) is 1. The van der Waals surface area contributed by atoms with E-state index in [1.165, 1.54) is 4.68 Å². The van der Waals surface area contributed by atoms with Crippen molar-refractivity contribution < 1.29 is 14.6 Å². The predicted octanol–water partition coefficient (Wildman–Crippen LogP) is 3.46. The number of aryl methyl sites for hydroxylation is 1. The van der Waals surface area contributed by atoms with E-state index < -0.39 is 12.6 Å². The van der Waals surface area contributed by atoms with Crippen LogP contribution >= 0.6 is 15.9 Å². The van der Waals surface area contributed by atoms with Gasteiger partial charge in [0.2, 0.25) is 0 Å². The summed E-state index contributed by atoms with van der Waals surface area (Å²) in [6.07, 6.45) is 3.02. The molecule has 3 rings (SSSR count). The molecule has 0 saturated heterocycles. The van der Waals surface area contributed by atoms with Crippen molar-refractivity contribution in [1.29, 1.82) is 0 Å². The van der Waals surface area contributed by atoms with Crippen molar-refractivity contribution >= 4 is 39.0 Å². The van der Waals surface area contributed by atoms with E-state index in [9.17, 15) is 9.59 Å². The molecule has 0 saturated carbocycles. The maximum absolute atomic E-state index is 12.9. The van der Waals surface area contributed by atoms with Crippen molar-refractivity contribution in [2.45, 2.75) is 19.8 Å². The first-order valence-corrected chi connectivity index (χ1v) is 9.47. The highest BCUT2D eigenvalue weighted by molar-refractivity contribution is 9.10. The van der Waals surface area contributed by atoms with Crippen LogP contribution in [0.2, 0.25) is 0 Å². The van der Waals surface area contributed by atoms with Gasteiger partial charge < -0.3 is 9.84 Å². The first-order chi connectivity index (χ1) is 13.5. The molecule has 2 aromatic carbocycles. The van der Waals surface area contributed by atoms with E-state index in [4.69, 9.17) is 9.84 Å². The molecule has 0 aliphatic heterocycles. The molecule has 0 unspecified atom stereocenters. The number of ether oxygens (including phenoxy) is 1. The fraction of sp³-hybridized carbons (Fsp3) is 0.200. The Kier molecular flexibility index (Phi) is 6.20. The molecule has 0 bridgehead atoms. The van der Waals surface area contributed by atoms with Crippen LogP contribution in [0.3, 0.4) is 0 Å². The van der Waals surface area contributed by atoms with E-state index in [-0.39, 0.29) is 5.56 Å². The number of benzene rings is 2. The molecule has 1 aromatic heterocycles. The number of halogens is 1. The van der Waals surface area contributed by atoms with E-state index >= 15 is 0 Å². The van der Waals surface area contributed by atoms with Gasteiger partial charge in [-0.3, -0.25) is 4.79 Å². The summed E-state index contributed by atoms with van der Waals surface area (Å²) in [6.45, 7) is 1.61. The number of hydrogen-bond acceptors (Lipinski definition) is 5. The molecule has 0 spiro atoms. The highest BCUT2D eigenvalue weighted by Gasteiger charge is 2.10. The third kappa shape index (κ3) is 4.64. The lowest BCUT2D eigenvalue weighted by Gasteiger charge is -2.08. The topological polar surface area (TPSA) is 93.8 Å². The fourth-order valence-corrected chi connectivity index (χ4v) is 2.98. The summed E-state index contributed by atoms with van der Waals surface area (Å²) < 4.78 is 7.23. The number of carboxylic acid groups (broad SMARTS) is 1. The molecule has 0 amide bonds. The second kappa shape index (κ2) is 8.79. The zero-order valence-electron chi connectivity index (χ0n) is 15.1. The first-order valence-electron chi connectivity index (χ1n) is 8.68. The molecule has 0 atom stereocenters. The Labute approximate surface area is 169 Å². The number of fused-ring (bicyclic) bond motifs is 1. The molecule has 0 fully saturated rings. The van der Waals surface area contributed by atoms with E-state index in [0.29, 0.717) is 28.9 Å². The van der Waals surface area contributed by atoms with Crippen molar-refractivity contribution in [2.75, 3.05) is 6.61 Å². The van der Waals surface area contributed by atoms with Crippen LogP contribution in [0.5, 0.6) is 5.75 Å². The maximum Gasteiger partial charge on any atom is 0.341 e. The molecule has 28 heavy (non-hydrogen) atoms. The smallest absolute Gasteiger partial charge is 0.341 e. The van der Waals surface area contributed by atoms with Gasteiger partial charge in [0.1, 0.15) is 11.6 Å². The Morgan fingerprint density at radius 2 is 2.04 bits per heavy atom. The Hall–Kier alpha value is -3.00. The third-order valence-corrected chi connectivity index (χ3v) is 4.41. The highest BCUT2D eigenvalue weighted by atomic mass is 79.9. The molecule has 7 nitrogen and oxygen atoms in total. The standard InChI is InChI=1S/C20H18BrN3O4/c1-2-3-18-23-17-9-6-14(21)10-16(17)20(27)24(18)22-11-13-4-7-15(8-5-13)28-12-19(25)26/h4-11H,2-3,12H2,1H3,(H,25,26). The van der Waals surface area contributed by atoms with Gasteiger partial charge in [0, 0.05) is 10.9 Å². The lowest BCUT2D eigenvalue weighted by atomic mass is 10.2. The van der Waals surface area contributed by atoms with Crippen LogP contribution in [0.1, 0.15) is 24.7 Å². The van der Waals surface area contributed by atoms with Gasteiger partial charge in [0.25, 0.3) is 5.56 Å². The van der Waals surface area contributed by atoms with E-state index in [2.05, 4.69) is 26.0 Å². The van der Waals surface area contributed by atoms with Crippen molar-refractivity contribution in [2.24, 2.45) is 5.10 Å². The van der Waals surface area contributed by atoms with Crippen LogP contribution in [0.15, 0.2) is 56.8 Å². The minimum atomic E-state index is -1.04. The van der Waals surface area contributed by atoms with E-state index in [1.807, 2.05) is 19.1 Å². The molecule has 1 N–H and O–H groups in total. The molecule has 0 aliphatic rings. The zero-order chi connectivity index (χ0) is 20.1. The van der Waals surface area contributed by atoms with Crippen molar-refractivity contribution in [1.82, 2.24) is 9.66 Å². The van der Waals surface area contributed by atoms with Crippen LogP contribution in [0, 0.1) is 0 Å². The summed E-state index contributed by atoms with van der Waals surface area (Å²) in [5.74, 6) is 0.00417. The quantitative estimate of drug-likeness (QED) is 0.564. The van der Waals surface area contributed by atoms with Crippen molar-refractivity contribution in [3.05, 3.63) is 68.7 Å². The normalized spacial score (nSPS) is 11.2. The molecular formula is C20H18BrN3O4. The van der Waals surface area contributed by atoms with Gasteiger partial charge in [0.05, 0.1) is 17.1 Å². The van der Waals surface area contributed by atoms with Crippen LogP contribution in [-0.2, 0) is 11.2 Å². The van der Waals surface area contributed by atoms with Gasteiger partial charge in [-0.15, -0.1) is 0 Å². The average molecular weight is 444 g/mol. The Balaban J connectivity index is 1.94. The van der Waals surface area contributed by atoms with E-state index in [1.54, 1.807) is 36.5 Å². The summed E-state index contributed by atoms with van der Waals surface area (Å²) in [4.78, 5) is 28.0. The van der Waals surface area contributed by atoms with Gasteiger partial charge in [-0.2, -0.15) is 9.78 Å². The Morgan fingerprint density at radius 1 is 1.29 bits per heavy atom. The van der Waals surface area contributed by atoms with Gasteiger partial charge in [-0.05, 0) is 54.4 Å². The largest absolute Gasteiger partial charge is 0.482 e. The predicted molar refractivity (Wildman–Crippen MR) is 110 cm³/mol. The molecule has 1 heterocycles. The number of rotatable bonds is 7. The minimum absolute atomic E-state index is 0.229. The third-order valence-electron chi connectivity index (χ3n) is 3.91. The van der Waals surface area contributed by atoms with Crippen LogP contribution < -0.4 is 10.3 Å². The average Bonchev–Trinajstić information content (AvgIpc) is 2.68. The molecule has 0 radical (unpaired) electrons. The number of carbonyl (C=O) groups is 1. The Bertz CT molecular complexity index is 1090. The molecule has 144 valence electrons. The highest BCUT2D eigenvalue weighted by Crippen LogP contribution is 2.16. The van der Waals surface area contributed by atoms with Crippen LogP contribution in [0.25, 0.3) is 10.9 Å². The number of aromatic nitrogens is 2. The number of carboxylic acids is 1. The SMILES string of the molecule is CCCc1nc2ccc(Br)cc2c(=O)n1N=Cc1ccc(OCC(=O)O)cc1. The summed E-state index contributed by atoms with van der Waals surface area (Å²) in [6, 6.07) is 12.2. The van der Waals surface area contributed by atoms with Crippen LogP contribution in [-0.4, -0.2) is 33.6 Å². The molecule has 3 aromatic rings. The first kappa shape index (κ1) is 19.8. The Morgan fingerprint density at radius 3 is 2.71 bits per heavy atom. The van der Waals surface area contributed by atoms with Crippen LogP contribution in [0.4, 0.5) is 0 Å². The van der Waals surface area contributed by atoms with Gasteiger partial charge in [-0.25, -0.2) is 9.78 Å². The monoisotopic (exact) mass is 443 g/mol. The second-order valence-corrected chi connectivity index (χ2v) is 6.97. The lowest BCUT2D eigenvalue weighted by Crippen LogP contribution is -2.22. The van der Waals surface area contributed by atoms with Gasteiger partial charge in [-0.1, -0.05) is 22.9 Å². The molecule has 8 heteroatoms. The minimum Gasteiger partial charge on any atom is -0.482 e. The summed E-state index contributed by atoms with van der Waals surface area (Å²) in [5.41, 5.74) is 1.15. The molecule has 0 aliphatic carbocycles. The lowest BCUT2D eigenvalue weighted by molar-refractivity contribution is -0.139. The molecular weight excluding hydrogens is 426 g/mol. The van der Waals surface area contributed by atoms with Crippen molar-refractivity contribution in [3.63, 3.8) is 0 Å². The maximum atomic E-state index is 12.9. The van der Waals surface area contributed by atoms with Gasteiger partial charge in [0.15, 0.2) is 6.61 Å². The summed E-state index contributed by atoms with van der Waals surface area (Å²) >= 11 is 3.38. The second-order valence-electron chi connectivity index (χ2n) is 6.05. The van der Waals surface area contributed by atoms with Crippen molar-refractivity contribution in [3.8, 4) is 5.75 Å². The fourth-order valence-electron chi connectivity index (χ4n) is 2.62. The zero-order valence-corrected chi connectivity index (χ0v) is 16.7. The number of nitrogens with zero attached hydrogens (tertiary/aromatic N) is 3. The van der Waals surface area contributed by atoms with Gasteiger partial charge >= 0.3 is 5.97 Å².